The van der Waals surface area contributed by atoms with Crippen LogP contribution in [0, 0.1) is 16.7 Å². The molecule has 4 aliphatic rings. The Balaban J connectivity index is 1.13. The normalized spacial score (nSPS) is 23.2. The molecule has 0 amide bonds. The Labute approximate surface area is 209 Å². The average Bonchev–Trinajstić information content (AvgIpc) is 3.45. The molecular weight excluding hydrogens is 462 g/mol. The van der Waals surface area contributed by atoms with Gasteiger partial charge in [0, 0.05) is 54.8 Å². The topological polar surface area (TPSA) is 83.1 Å². The van der Waals surface area contributed by atoms with Gasteiger partial charge >= 0.3 is 0 Å². The standard InChI is InChI=1S/C26H26ClN7O/c27-20-1-2-22-18(8-20)12-32(21-4-6-35-14-21)13-24-30-31-25(34(22)24)19-9-26(10-19)15-33(16-26)23-7-17(11-28)3-5-29-23/h1-3,5,7-8,19,21H,4,6,9-10,12-16H2. The molecule has 1 saturated carbocycles. The first-order valence-electron chi connectivity index (χ1n) is 12.3. The second kappa shape index (κ2) is 8.02. The largest absolute Gasteiger partial charge is 0.380 e. The van der Waals surface area contributed by atoms with Crippen molar-refractivity contribution in [2.45, 2.75) is 44.3 Å². The van der Waals surface area contributed by atoms with Gasteiger partial charge in [-0.2, -0.15) is 5.26 Å². The molecule has 0 radical (unpaired) electrons. The van der Waals surface area contributed by atoms with Gasteiger partial charge in [0.15, 0.2) is 5.82 Å². The third-order valence-electron chi connectivity index (χ3n) is 8.15. The summed E-state index contributed by atoms with van der Waals surface area (Å²) in [6, 6.07) is 12.4. The molecule has 1 aliphatic carbocycles. The maximum atomic E-state index is 9.19. The fourth-order valence-electron chi connectivity index (χ4n) is 6.40. The first kappa shape index (κ1) is 21.3. The van der Waals surface area contributed by atoms with E-state index in [2.05, 4.69) is 42.7 Å². The Kier molecular flexibility index (Phi) is 4.88. The molecule has 7 rings (SSSR count). The highest BCUT2D eigenvalue weighted by Gasteiger charge is 2.54. The van der Waals surface area contributed by atoms with E-state index in [-0.39, 0.29) is 0 Å². The van der Waals surface area contributed by atoms with Gasteiger partial charge in [-0.3, -0.25) is 9.47 Å². The van der Waals surface area contributed by atoms with Crippen LogP contribution in [0.3, 0.4) is 0 Å². The predicted molar refractivity (Wildman–Crippen MR) is 130 cm³/mol. The second-order valence-corrected chi connectivity index (χ2v) is 10.9. The molecule has 1 atom stereocenters. The summed E-state index contributed by atoms with van der Waals surface area (Å²) in [6.45, 7) is 5.15. The quantitative estimate of drug-likeness (QED) is 0.557. The maximum absolute atomic E-state index is 9.19. The Morgan fingerprint density at radius 2 is 2.00 bits per heavy atom. The van der Waals surface area contributed by atoms with Gasteiger partial charge in [0.05, 0.1) is 30.5 Å². The predicted octanol–water partition coefficient (Wildman–Crippen LogP) is 3.68. The minimum atomic E-state index is 0.308. The lowest BCUT2D eigenvalue weighted by molar-refractivity contribution is 0.0581. The highest BCUT2D eigenvalue weighted by Crippen LogP contribution is 2.56. The number of aromatic nitrogens is 4. The summed E-state index contributed by atoms with van der Waals surface area (Å²) in [5.74, 6) is 3.36. The van der Waals surface area contributed by atoms with Crippen molar-refractivity contribution in [1.82, 2.24) is 24.6 Å². The smallest absolute Gasteiger partial charge is 0.151 e. The number of halogens is 1. The Hall–Kier alpha value is -2.99. The summed E-state index contributed by atoms with van der Waals surface area (Å²) in [6.07, 6.45) is 4.97. The minimum Gasteiger partial charge on any atom is -0.380 e. The average molecular weight is 488 g/mol. The van der Waals surface area contributed by atoms with E-state index in [1.807, 2.05) is 12.1 Å². The molecule has 1 unspecified atom stereocenters. The van der Waals surface area contributed by atoms with Crippen LogP contribution in [0.15, 0.2) is 36.5 Å². The van der Waals surface area contributed by atoms with Crippen LogP contribution in [0.1, 0.15) is 48.0 Å². The van der Waals surface area contributed by atoms with Gasteiger partial charge in [-0.1, -0.05) is 11.6 Å². The van der Waals surface area contributed by atoms with Crippen LogP contribution in [0.2, 0.25) is 5.02 Å². The van der Waals surface area contributed by atoms with Gasteiger partial charge in [-0.25, -0.2) is 4.98 Å². The van der Waals surface area contributed by atoms with Crippen LogP contribution >= 0.6 is 11.6 Å². The van der Waals surface area contributed by atoms with Crippen LogP contribution in [-0.4, -0.2) is 57.0 Å². The maximum Gasteiger partial charge on any atom is 0.151 e. The molecule has 2 saturated heterocycles. The first-order valence-corrected chi connectivity index (χ1v) is 12.6. The van der Waals surface area contributed by atoms with Crippen molar-refractivity contribution in [1.29, 1.82) is 5.26 Å². The van der Waals surface area contributed by atoms with Crippen molar-refractivity contribution < 1.29 is 4.74 Å². The van der Waals surface area contributed by atoms with Gasteiger partial charge < -0.3 is 9.64 Å². The molecule has 1 spiro atoms. The Morgan fingerprint density at radius 1 is 1.11 bits per heavy atom. The summed E-state index contributed by atoms with van der Waals surface area (Å²) in [5, 5.41) is 19.4. The molecule has 3 aliphatic heterocycles. The summed E-state index contributed by atoms with van der Waals surface area (Å²) in [4.78, 5) is 9.21. The molecule has 0 bridgehead atoms. The molecule has 3 fully saturated rings. The van der Waals surface area contributed by atoms with E-state index in [9.17, 15) is 5.26 Å². The molecule has 3 aromatic rings. The number of hydrogen-bond donors (Lipinski definition) is 0. The van der Waals surface area contributed by atoms with Crippen LogP contribution in [0.5, 0.6) is 0 Å². The lowest BCUT2D eigenvalue weighted by Gasteiger charge is -2.59. The number of benzene rings is 1. The van der Waals surface area contributed by atoms with E-state index < -0.39 is 0 Å². The van der Waals surface area contributed by atoms with Crippen molar-refractivity contribution in [3.63, 3.8) is 0 Å². The lowest BCUT2D eigenvalue weighted by atomic mass is 9.57. The highest BCUT2D eigenvalue weighted by atomic mass is 35.5. The molecule has 9 heteroatoms. The van der Waals surface area contributed by atoms with Crippen LogP contribution in [0.25, 0.3) is 5.69 Å². The number of anilines is 1. The number of hydrogen-bond acceptors (Lipinski definition) is 7. The molecule has 5 heterocycles. The molecule has 0 N–H and O–H groups in total. The SMILES string of the molecule is N#Cc1ccnc(N2CC3(CC(c4nnc5n4-c4ccc(Cl)cc4CN(C4CCOC4)C5)C3)C2)c1. The number of rotatable bonds is 3. The third-order valence-corrected chi connectivity index (χ3v) is 8.39. The summed E-state index contributed by atoms with van der Waals surface area (Å²) in [5.41, 5.74) is 3.34. The molecule has 8 nitrogen and oxygen atoms in total. The van der Waals surface area contributed by atoms with Crippen molar-refractivity contribution >= 4 is 17.4 Å². The number of fused-ring (bicyclic) bond motifs is 3. The lowest BCUT2D eigenvalue weighted by Crippen LogP contribution is -2.62. The van der Waals surface area contributed by atoms with Crippen molar-refractivity contribution in [3.8, 4) is 11.8 Å². The number of ether oxygens (including phenoxy) is 1. The zero-order chi connectivity index (χ0) is 23.6. The fraction of sp³-hybridized carbons (Fsp3) is 0.462. The van der Waals surface area contributed by atoms with Crippen molar-refractivity contribution in [2.75, 3.05) is 31.2 Å². The van der Waals surface area contributed by atoms with Crippen LogP contribution < -0.4 is 4.90 Å². The minimum absolute atomic E-state index is 0.308. The van der Waals surface area contributed by atoms with E-state index in [0.29, 0.717) is 22.9 Å². The van der Waals surface area contributed by atoms with Gasteiger partial charge in [-0.05, 0) is 55.2 Å². The van der Waals surface area contributed by atoms with E-state index in [1.165, 1.54) is 5.56 Å². The third kappa shape index (κ3) is 3.53. The fourth-order valence-corrected chi connectivity index (χ4v) is 6.59. The molecular formula is C26H26ClN7O. The number of nitriles is 1. The van der Waals surface area contributed by atoms with Crippen molar-refractivity contribution in [2.24, 2.45) is 5.41 Å². The van der Waals surface area contributed by atoms with Gasteiger partial charge in [0.25, 0.3) is 0 Å². The number of pyridine rings is 1. The summed E-state index contributed by atoms with van der Waals surface area (Å²) in [7, 11) is 0. The van der Waals surface area contributed by atoms with Gasteiger partial charge in [0.1, 0.15) is 11.6 Å². The van der Waals surface area contributed by atoms with Gasteiger partial charge in [-0.15, -0.1) is 10.2 Å². The van der Waals surface area contributed by atoms with E-state index >= 15 is 0 Å². The summed E-state index contributed by atoms with van der Waals surface area (Å²) >= 11 is 6.41. The van der Waals surface area contributed by atoms with E-state index in [4.69, 9.17) is 21.4 Å². The van der Waals surface area contributed by atoms with Crippen LogP contribution in [-0.2, 0) is 17.8 Å². The Bertz CT molecular complexity index is 1330. The first-order chi connectivity index (χ1) is 17.1. The highest BCUT2D eigenvalue weighted by molar-refractivity contribution is 6.30. The monoisotopic (exact) mass is 487 g/mol. The zero-order valence-corrected chi connectivity index (χ0v) is 20.2. The molecule has 178 valence electrons. The van der Waals surface area contributed by atoms with E-state index in [1.54, 1.807) is 12.3 Å². The molecule has 1 aromatic carbocycles. The van der Waals surface area contributed by atoms with Gasteiger partial charge in [0.2, 0.25) is 0 Å². The molecule has 2 aromatic heterocycles. The van der Waals surface area contributed by atoms with E-state index in [0.717, 1.165) is 86.8 Å². The molecule has 35 heavy (non-hydrogen) atoms. The van der Waals surface area contributed by atoms with Crippen molar-refractivity contribution in [3.05, 3.63) is 64.3 Å². The number of nitrogens with zero attached hydrogens (tertiary/aromatic N) is 7. The Morgan fingerprint density at radius 3 is 2.80 bits per heavy atom. The van der Waals surface area contributed by atoms with Crippen LogP contribution in [0.4, 0.5) is 5.82 Å². The summed E-state index contributed by atoms with van der Waals surface area (Å²) < 4.78 is 7.98. The zero-order valence-electron chi connectivity index (χ0n) is 19.4. The second-order valence-electron chi connectivity index (χ2n) is 10.5.